The predicted molar refractivity (Wildman–Crippen MR) is 128 cm³/mol. The van der Waals surface area contributed by atoms with E-state index in [1.54, 1.807) is 6.07 Å². The van der Waals surface area contributed by atoms with Crippen LogP contribution in [-0.4, -0.2) is 48.0 Å². The molecule has 0 aliphatic carbocycles. The molecule has 0 spiro atoms. The van der Waals surface area contributed by atoms with Gasteiger partial charge in [0.25, 0.3) is 0 Å². The minimum atomic E-state index is -0.0953. The van der Waals surface area contributed by atoms with Crippen molar-refractivity contribution < 1.29 is 9.59 Å². The molecule has 1 aromatic rings. The lowest BCUT2D eigenvalue weighted by Gasteiger charge is -2.37. The Kier molecular flexibility index (Phi) is 9.37. The van der Waals surface area contributed by atoms with Gasteiger partial charge >= 0.3 is 0 Å². The van der Waals surface area contributed by atoms with Crippen LogP contribution in [0.1, 0.15) is 47.0 Å². The number of nitrogens with zero attached hydrogens (tertiary/aromatic N) is 2. The number of thiocarbonyl (C=S) groups is 1. The number of hydrogen-bond acceptors (Lipinski definition) is 4. The SMILES string of the molecule is CC(C)CCC(=O)NC(=S)Nc1cc(Cl)ccc1N1CCN(C(=O)CC(C)C)CC1. The molecule has 8 heteroatoms. The summed E-state index contributed by atoms with van der Waals surface area (Å²) in [5.41, 5.74) is 1.70. The molecule has 1 aliphatic rings. The van der Waals surface area contributed by atoms with Gasteiger partial charge in [0.1, 0.15) is 0 Å². The van der Waals surface area contributed by atoms with Gasteiger partial charge in [-0.3, -0.25) is 9.59 Å². The van der Waals surface area contributed by atoms with Gasteiger partial charge in [0.15, 0.2) is 5.11 Å². The molecule has 1 saturated heterocycles. The fraction of sp³-hybridized carbons (Fsp3) is 0.591. The van der Waals surface area contributed by atoms with E-state index in [2.05, 4.69) is 43.2 Å². The van der Waals surface area contributed by atoms with Gasteiger partial charge in [-0.05, 0) is 48.7 Å². The third kappa shape index (κ3) is 7.76. The third-order valence-electron chi connectivity index (χ3n) is 4.96. The maximum Gasteiger partial charge on any atom is 0.226 e. The number of halogens is 1. The largest absolute Gasteiger partial charge is 0.366 e. The summed E-state index contributed by atoms with van der Waals surface area (Å²) in [5, 5.41) is 6.71. The van der Waals surface area contributed by atoms with E-state index in [0.29, 0.717) is 42.8 Å². The third-order valence-corrected chi connectivity index (χ3v) is 5.40. The van der Waals surface area contributed by atoms with Crippen molar-refractivity contribution in [2.24, 2.45) is 11.8 Å². The van der Waals surface area contributed by atoms with Gasteiger partial charge in [0.05, 0.1) is 11.4 Å². The molecule has 6 nitrogen and oxygen atoms in total. The molecule has 0 radical (unpaired) electrons. The van der Waals surface area contributed by atoms with Crippen LogP contribution >= 0.6 is 23.8 Å². The molecule has 30 heavy (non-hydrogen) atoms. The predicted octanol–water partition coefficient (Wildman–Crippen LogP) is 4.28. The van der Waals surface area contributed by atoms with Crippen molar-refractivity contribution in [1.29, 1.82) is 0 Å². The number of rotatable bonds is 7. The standard InChI is InChI=1S/C22H33ClN4O2S/c1-15(2)5-8-20(28)25-22(30)24-18-14-17(23)6-7-19(18)26-9-11-27(12-10-26)21(29)13-16(3)4/h6-7,14-16H,5,8-13H2,1-4H3,(H2,24,25,28,30). The molecule has 2 amide bonds. The normalized spacial score (nSPS) is 14.2. The molecule has 1 heterocycles. The molecule has 0 saturated carbocycles. The number of piperazine rings is 1. The molecule has 0 aromatic heterocycles. The summed E-state index contributed by atoms with van der Waals surface area (Å²) in [6, 6.07) is 5.59. The van der Waals surface area contributed by atoms with E-state index >= 15 is 0 Å². The van der Waals surface area contributed by atoms with E-state index in [1.165, 1.54) is 0 Å². The second-order valence-electron chi connectivity index (χ2n) is 8.56. The lowest BCUT2D eigenvalue weighted by molar-refractivity contribution is -0.132. The highest BCUT2D eigenvalue weighted by atomic mass is 35.5. The molecule has 2 N–H and O–H groups in total. The van der Waals surface area contributed by atoms with E-state index < -0.39 is 0 Å². The number of amides is 2. The van der Waals surface area contributed by atoms with Gasteiger partial charge in [-0.2, -0.15) is 0 Å². The highest BCUT2D eigenvalue weighted by molar-refractivity contribution is 7.80. The Morgan fingerprint density at radius 3 is 2.37 bits per heavy atom. The van der Waals surface area contributed by atoms with Crippen LogP contribution in [0.3, 0.4) is 0 Å². The van der Waals surface area contributed by atoms with Crippen LogP contribution in [0.15, 0.2) is 18.2 Å². The fourth-order valence-electron chi connectivity index (χ4n) is 3.32. The number of carbonyl (C=O) groups excluding carboxylic acids is 2. The fourth-order valence-corrected chi connectivity index (χ4v) is 3.72. The topological polar surface area (TPSA) is 64.7 Å². The Labute approximate surface area is 190 Å². The summed E-state index contributed by atoms with van der Waals surface area (Å²) in [6.45, 7) is 11.1. The molecule has 0 atom stereocenters. The molecular formula is C22H33ClN4O2S. The highest BCUT2D eigenvalue weighted by Crippen LogP contribution is 2.30. The van der Waals surface area contributed by atoms with Crippen LogP contribution in [-0.2, 0) is 9.59 Å². The zero-order valence-electron chi connectivity index (χ0n) is 18.3. The molecule has 1 aliphatic heterocycles. The minimum absolute atomic E-state index is 0.0953. The molecule has 1 aromatic carbocycles. The zero-order chi connectivity index (χ0) is 22.3. The lowest BCUT2D eigenvalue weighted by Crippen LogP contribution is -2.49. The molecule has 2 rings (SSSR count). The summed E-state index contributed by atoms with van der Waals surface area (Å²) in [6.07, 6.45) is 1.84. The van der Waals surface area contributed by atoms with Crippen LogP contribution in [0.25, 0.3) is 0 Å². The van der Waals surface area contributed by atoms with Crippen molar-refractivity contribution in [3.63, 3.8) is 0 Å². The van der Waals surface area contributed by atoms with Crippen molar-refractivity contribution in [2.75, 3.05) is 36.4 Å². The van der Waals surface area contributed by atoms with Gasteiger partial charge in [-0.1, -0.05) is 39.3 Å². The maximum atomic E-state index is 12.3. The zero-order valence-corrected chi connectivity index (χ0v) is 19.9. The summed E-state index contributed by atoms with van der Waals surface area (Å²) < 4.78 is 0. The van der Waals surface area contributed by atoms with E-state index in [0.717, 1.165) is 30.9 Å². The second kappa shape index (κ2) is 11.5. The van der Waals surface area contributed by atoms with E-state index in [4.69, 9.17) is 23.8 Å². The van der Waals surface area contributed by atoms with E-state index in [1.807, 2.05) is 17.0 Å². The summed E-state index contributed by atoms with van der Waals surface area (Å²) in [5.74, 6) is 0.939. The number of nitrogens with one attached hydrogen (secondary N) is 2. The van der Waals surface area contributed by atoms with E-state index in [-0.39, 0.29) is 16.9 Å². The molecule has 0 bridgehead atoms. The van der Waals surface area contributed by atoms with Gasteiger partial charge in [0, 0.05) is 44.0 Å². The maximum absolute atomic E-state index is 12.3. The van der Waals surface area contributed by atoms with E-state index in [9.17, 15) is 9.59 Å². The van der Waals surface area contributed by atoms with Crippen LogP contribution in [0.4, 0.5) is 11.4 Å². The Bertz CT molecular complexity index is 762. The van der Waals surface area contributed by atoms with Crippen molar-refractivity contribution in [3.8, 4) is 0 Å². The van der Waals surface area contributed by atoms with Crippen molar-refractivity contribution in [3.05, 3.63) is 23.2 Å². The van der Waals surface area contributed by atoms with Crippen LogP contribution in [0.2, 0.25) is 5.02 Å². The number of hydrogen-bond donors (Lipinski definition) is 2. The first-order valence-corrected chi connectivity index (χ1v) is 11.4. The molecule has 166 valence electrons. The summed E-state index contributed by atoms with van der Waals surface area (Å²) >= 11 is 11.5. The smallest absolute Gasteiger partial charge is 0.226 e. The molecule has 1 fully saturated rings. The first kappa shape index (κ1) is 24.4. The monoisotopic (exact) mass is 452 g/mol. The Morgan fingerprint density at radius 2 is 1.77 bits per heavy atom. The summed E-state index contributed by atoms with van der Waals surface area (Å²) in [7, 11) is 0. The van der Waals surface area contributed by atoms with Crippen LogP contribution < -0.4 is 15.5 Å². The number of carbonyl (C=O) groups is 2. The number of anilines is 2. The average Bonchev–Trinajstić information content (AvgIpc) is 2.66. The first-order chi connectivity index (χ1) is 14.2. The van der Waals surface area contributed by atoms with Gasteiger partial charge in [-0.15, -0.1) is 0 Å². The number of benzene rings is 1. The quantitative estimate of drug-likeness (QED) is 0.604. The first-order valence-electron chi connectivity index (χ1n) is 10.6. The van der Waals surface area contributed by atoms with Crippen LogP contribution in [0, 0.1) is 11.8 Å². The second-order valence-corrected chi connectivity index (χ2v) is 9.41. The Morgan fingerprint density at radius 1 is 1.10 bits per heavy atom. The molecule has 0 unspecified atom stereocenters. The Hall–Kier alpha value is -1.86. The Balaban J connectivity index is 1.99. The average molecular weight is 453 g/mol. The molecular weight excluding hydrogens is 420 g/mol. The minimum Gasteiger partial charge on any atom is -0.366 e. The van der Waals surface area contributed by atoms with Gasteiger partial charge < -0.3 is 20.4 Å². The van der Waals surface area contributed by atoms with Gasteiger partial charge in [-0.25, -0.2) is 0 Å². The van der Waals surface area contributed by atoms with Crippen molar-refractivity contribution in [2.45, 2.75) is 47.0 Å². The van der Waals surface area contributed by atoms with Crippen LogP contribution in [0.5, 0.6) is 0 Å². The summed E-state index contributed by atoms with van der Waals surface area (Å²) in [4.78, 5) is 28.5. The van der Waals surface area contributed by atoms with Gasteiger partial charge in [0.2, 0.25) is 11.8 Å². The highest BCUT2D eigenvalue weighted by Gasteiger charge is 2.23. The lowest BCUT2D eigenvalue weighted by atomic mass is 10.1. The van der Waals surface area contributed by atoms with Crippen molar-refractivity contribution in [1.82, 2.24) is 10.2 Å². The van der Waals surface area contributed by atoms with Crippen molar-refractivity contribution >= 4 is 52.1 Å².